The summed E-state index contributed by atoms with van der Waals surface area (Å²) in [4.78, 5) is 8.71. The summed E-state index contributed by atoms with van der Waals surface area (Å²) in [6, 6.07) is 0. The van der Waals surface area contributed by atoms with Crippen molar-refractivity contribution < 1.29 is 8.42 Å². The minimum atomic E-state index is -3.42. The van der Waals surface area contributed by atoms with E-state index in [4.69, 9.17) is 11.0 Å². The number of sulfonamides is 1. The number of aryl methyl sites for hydroxylation is 1. The first-order valence-electron chi connectivity index (χ1n) is 6.46. The Morgan fingerprint density at radius 3 is 2.45 bits per heavy atom. The topological polar surface area (TPSA) is 136 Å². The minimum Gasteiger partial charge on any atom is -0.370 e. The second-order valence-corrected chi connectivity index (χ2v) is 6.24. The summed E-state index contributed by atoms with van der Waals surface area (Å²) >= 11 is 0. The molecule has 0 aliphatic heterocycles. The van der Waals surface area contributed by atoms with E-state index in [0.717, 1.165) is 18.4 Å². The van der Waals surface area contributed by atoms with Gasteiger partial charge in [0, 0.05) is 18.5 Å². The molecule has 0 saturated carbocycles. The summed E-state index contributed by atoms with van der Waals surface area (Å²) in [6.07, 6.45) is 2.09. The Kier molecular flexibility index (Phi) is 6.11. The van der Waals surface area contributed by atoms with Crippen molar-refractivity contribution in [3.05, 3.63) is 11.4 Å². The molecular weight excluding hydrogens is 280 g/mol. The van der Waals surface area contributed by atoms with Gasteiger partial charge in [-0.05, 0) is 19.8 Å². The molecule has 0 aliphatic carbocycles. The number of nitrogens with two attached hydrogens (primary N) is 2. The first-order chi connectivity index (χ1) is 9.37. The van der Waals surface area contributed by atoms with Crippen molar-refractivity contribution in [3.63, 3.8) is 0 Å². The molecule has 0 spiro atoms. The zero-order valence-corrected chi connectivity index (χ0v) is 12.6. The smallest absolute Gasteiger partial charge is 0.209 e. The average Bonchev–Trinajstić information content (AvgIpc) is 2.36. The van der Waals surface area contributed by atoms with Crippen LogP contribution in [0.5, 0.6) is 0 Å². The van der Waals surface area contributed by atoms with E-state index in [1.54, 1.807) is 0 Å². The third kappa shape index (κ3) is 5.27. The van der Waals surface area contributed by atoms with Crippen LogP contribution in [0, 0.1) is 6.92 Å². The van der Waals surface area contributed by atoms with Crippen LogP contribution in [0.3, 0.4) is 0 Å². The van der Waals surface area contributed by atoms with Crippen LogP contribution in [-0.4, -0.2) is 30.7 Å². The highest BCUT2D eigenvalue weighted by Gasteiger charge is 2.10. The van der Waals surface area contributed by atoms with Gasteiger partial charge in [0.05, 0.1) is 5.75 Å². The summed E-state index contributed by atoms with van der Waals surface area (Å²) < 4.78 is 21.7. The molecule has 8 nitrogen and oxygen atoms in total. The van der Waals surface area contributed by atoms with Crippen LogP contribution in [0.4, 0.5) is 11.6 Å². The number of hydrazine groups is 1. The first kappa shape index (κ1) is 16.6. The largest absolute Gasteiger partial charge is 0.370 e. The highest BCUT2D eigenvalue weighted by atomic mass is 32.2. The van der Waals surface area contributed by atoms with Crippen LogP contribution in [0.15, 0.2) is 0 Å². The summed E-state index contributed by atoms with van der Waals surface area (Å²) in [5.41, 5.74) is 3.34. The second kappa shape index (κ2) is 7.36. The summed E-state index contributed by atoms with van der Waals surface area (Å²) in [5.74, 6) is 7.29. The number of primary sulfonamides is 1. The quantitative estimate of drug-likeness (QED) is 0.304. The van der Waals surface area contributed by atoms with E-state index in [2.05, 4.69) is 20.7 Å². The third-order valence-electron chi connectivity index (χ3n) is 2.70. The van der Waals surface area contributed by atoms with E-state index in [0.29, 0.717) is 30.4 Å². The van der Waals surface area contributed by atoms with Crippen LogP contribution in [0.2, 0.25) is 0 Å². The zero-order valence-electron chi connectivity index (χ0n) is 11.8. The molecule has 0 aromatic carbocycles. The third-order valence-corrected chi connectivity index (χ3v) is 3.56. The normalized spacial score (nSPS) is 11.4. The molecule has 0 unspecified atom stereocenters. The van der Waals surface area contributed by atoms with Gasteiger partial charge in [0.2, 0.25) is 10.0 Å². The molecule has 0 atom stereocenters. The maximum Gasteiger partial charge on any atom is 0.209 e. The Morgan fingerprint density at radius 2 is 1.90 bits per heavy atom. The Bertz CT molecular complexity index is 546. The number of nitrogens with one attached hydrogen (secondary N) is 2. The molecular formula is C11H22N6O2S. The van der Waals surface area contributed by atoms with Crippen LogP contribution >= 0.6 is 0 Å². The van der Waals surface area contributed by atoms with E-state index < -0.39 is 10.0 Å². The number of rotatable bonds is 8. The average molecular weight is 302 g/mol. The fraction of sp³-hybridized carbons (Fsp3) is 0.636. The molecule has 1 aromatic rings. The van der Waals surface area contributed by atoms with Crippen LogP contribution in [0.1, 0.15) is 31.2 Å². The molecule has 6 N–H and O–H groups in total. The van der Waals surface area contributed by atoms with E-state index in [1.165, 1.54) is 0 Å². The van der Waals surface area contributed by atoms with Crippen molar-refractivity contribution in [2.24, 2.45) is 11.0 Å². The highest BCUT2D eigenvalue weighted by Crippen LogP contribution is 2.19. The number of hydrogen-bond acceptors (Lipinski definition) is 7. The first-order valence-corrected chi connectivity index (χ1v) is 8.17. The molecule has 0 fully saturated rings. The molecule has 0 saturated heterocycles. The van der Waals surface area contributed by atoms with E-state index in [1.807, 2.05) is 13.8 Å². The predicted octanol–water partition coefficient (Wildman–Crippen LogP) is 0.114. The van der Waals surface area contributed by atoms with Gasteiger partial charge in [0.25, 0.3) is 0 Å². The molecule has 9 heteroatoms. The molecule has 1 aromatic heterocycles. The summed E-state index contributed by atoms with van der Waals surface area (Å²) in [7, 11) is -3.42. The lowest BCUT2D eigenvalue weighted by Gasteiger charge is -2.13. The molecule has 0 aliphatic rings. The van der Waals surface area contributed by atoms with E-state index in [9.17, 15) is 8.42 Å². The number of aromatic nitrogens is 2. The number of anilines is 2. The SMILES string of the molecule is CCCc1nc(NN)c(C)c(NCCCS(N)(=O)=O)n1. The van der Waals surface area contributed by atoms with Gasteiger partial charge in [-0.15, -0.1) is 0 Å². The van der Waals surface area contributed by atoms with Crippen molar-refractivity contribution in [2.45, 2.75) is 33.1 Å². The van der Waals surface area contributed by atoms with Crippen LogP contribution in [0.25, 0.3) is 0 Å². The maximum absolute atomic E-state index is 10.8. The molecule has 1 heterocycles. The highest BCUT2D eigenvalue weighted by molar-refractivity contribution is 7.89. The fourth-order valence-electron chi connectivity index (χ4n) is 1.69. The predicted molar refractivity (Wildman–Crippen MR) is 79.7 cm³/mol. The number of nitrogen functional groups attached to an aromatic ring is 1. The van der Waals surface area contributed by atoms with Crippen LogP contribution in [-0.2, 0) is 16.4 Å². The van der Waals surface area contributed by atoms with Gasteiger partial charge in [-0.2, -0.15) is 0 Å². The zero-order chi connectivity index (χ0) is 15.2. The van der Waals surface area contributed by atoms with Gasteiger partial charge in [-0.1, -0.05) is 6.92 Å². The molecule has 1 rings (SSSR count). The number of nitrogens with zero attached hydrogens (tertiary/aromatic N) is 2. The molecule has 114 valence electrons. The fourth-order valence-corrected chi connectivity index (χ4v) is 2.24. The minimum absolute atomic E-state index is 0.0616. The van der Waals surface area contributed by atoms with Crippen molar-refractivity contribution in [2.75, 3.05) is 23.0 Å². The van der Waals surface area contributed by atoms with Crippen molar-refractivity contribution >= 4 is 21.7 Å². The van der Waals surface area contributed by atoms with Crippen molar-refractivity contribution in [1.29, 1.82) is 0 Å². The van der Waals surface area contributed by atoms with Gasteiger partial charge in [0.1, 0.15) is 17.5 Å². The van der Waals surface area contributed by atoms with Gasteiger partial charge in [0.15, 0.2) is 0 Å². The second-order valence-electron chi connectivity index (χ2n) is 4.50. The number of hydrogen-bond donors (Lipinski definition) is 4. The van der Waals surface area contributed by atoms with E-state index in [-0.39, 0.29) is 5.75 Å². The lowest BCUT2D eigenvalue weighted by atomic mass is 10.2. The van der Waals surface area contributed by atoms with Gasteiger partial charge in [-0.25, -0.2) is 29.4 Å². The van der Waals surface area contributed by atoms with Crippen molar-refractivity contribution in [1.82, 2.24) is 9.97 Å². The Balaban J connectivity index is 2.75. The van der Waals surface area contributed by atoms with E-state index >= 15 is 0 Å². The molecule has 0 bridgehead atoms. The van der Waals surface area contributed by atoms with Gasteiger partial charge >= 0.3 is 0 Å². The van der Waals surface area contributed by atoms with Gasteiger partial charge in [-0.3, -0.25) is 0 Å². The maximum atomic E-state index is 10.8. The molecule has 0 radical (unpaired) electrons. The standard InChI is InChI=1S/C11H22N6O2S/c1-3-5-9-15-10(8(2)11(16-9)17-12)14-6-4-7-20(13,18)19/h3-7,12H2,1-2H3,(H2,13,18,19)(H2,14,15,16,17). The van der Waals surface area contributed by atoms with Crippen molar-refractivity contribution in [3.8, 4) is 0 Å². The Labute approximate surface area is 119 Å². The Morgan fingerprint density at radius 1 is 1.25 bits per heavy atom. The summed E-state index contributed by atoms with van der Waals surface area (Å²) in [5, 5.41) is 8.04. The summed E-state index contributed by atoms with van der Waals surface area (Å²) in [6.45, 7) is 4.34. The molecule has 0 amide bonds. The molecule has 20 heavy (non-hydrogen) atoms. The van der Waals surface area contributed by atoms with Crippen LogP contribution < -0.4 is 21.7 Å². The lowest BCUT2D eigenvalue weighted by Crippen LogP contribution is -2.20. The monoisotopic (exact) mass is 302 g/mol. The van der Waals surface area contributed by atoms with Gasteiger partial charge < -0.3 is 10.7 Å². The Hall–Kier alpha value is -1.45. The lowest BCUT2D eigenvalue weighted by molar-refractivity contribution is 0.595.